The van der Waals surface area contributed by atoms with Crippen LogP contribution in [0.2, 0.25) is 0 Å². The first-order valence-corrected chi connectivity index (χ1v) is 17.2. The van der Waals surface area contributed by atoms with E-state index in [9.17, 15) is 30.0 Å². The molecule has 5 heterocycles. The Hall–Kier alpha value is -4.62. The van der Waals surface area contributed by atoms with Crippen molar-refractivity contribution in [2.75, 3.05) is 19.6 Å². The summed E-state index contributed by atoms with van der Waals surface area (Å²) in [5.74, 6) is -1.80. The first kappa shape index (κ1) is 36.7. The van der Waals surface area contributed by atoms with E-state index in [0.717, 1.165) is 88.7 Å². The van der Waals surface area contributed by atoms with E-state index in [-0.39, 0.29) is 12.8 Å². The van der Waals surface area contributed by atoms with Gasteiger partial charge in [0.1, 0.15) is 0 Å². The Balaban J connectivity index is 1.98. The zero-order valence-electron chi connectivity index (χ0n) is 29.8. The minimum Gasteiger partial charge on any atom is -0.481 e. The standard InChI is InChI=1S/C38H50N6O6/c1-19-25(7-9-35(47)48)30-17-34-26(8-10-36(49)50)20(2)33(44(34)14-13-40-12-11-39)18-32-38(24(6)46)22(4)29(43-32)16-31-37(23(5)45)21(3)28(42-31)15-27(19)41-30/h15-18,23-24,40-43,45-46H,7-14,39H2,1-6H3,(H,47,48)(H,49,50). The van der Waals surface area contributed by atoms with Crippen LogP contribution in [0, 0.1) is 27.7 Å². The lowest BCUT2D eigenvalue weighted by Crippen LogP contribution is -2.34. The average molecular weight is 687 g/mol. The number of aromatic nitrogens is 4. The van der Waals surface area contributed by atoms with Gasteiger partial charge in [0, 0.05) is 94.3 Å². The van der Waals surface area contributed by atoms with Gasteiger partial charge in [0.15, 0.2) is 0 Å². The number of nitrogens with one attached hydrogen (secondary N) is 4. The van der Waals surface area contributed by atoms with Gasteiger partial charge in [0.2, 0.25) is 0 Å². The van der Waals surface area contributed by atoms with E-state index < -0.39 is 24.1 Å². The number of hydrogen-bond donors (Lipinski definition) is 9. The zero-order chi connectivity index (χ0) is 36.4. The maximum atomic E-state index is 11.9. The maximum Gasteiger partial charge on any atom is 0.303 e. The van der Waals surface area contributed by atoms with Crippen LogP contribution >= 0.6 is 0 Å². The molecule has 268 valence electrons. The number of nitrogens with zero attached hydrogens (tertiary/aromatic N) is 1. The zero-order valence-corrected chi connectivity index (χ0v) is 29.8. The Labute approximate surface area is 290 Å². The van der Waals surface area contributed by atoms with E-state index >= 15 is 0 Å². The second kappa shape index (κ2) is 15.1. The van der Waals surface area contributed by atoms with Crippen LogP contribution in [0.4, 0.5) is 0 Å². The molecule has 10 N–H and O–H groups in total. The van der Waals surface area contributed by atoms with Crippen LogP contribution < -0.4 is 32.4 Å². The van der Waals surface area contributed by atoms with Gasteiger partial charge in [-0.15, -0.1) is 0 Å². The number of aliphatic hydroxyl groups is 2. The molecule has 1 aliphatic rings. The highest BCUT2D eigenvalue weighted by Crippen LogP contribution is 2.27. The summed E-state index contributed by atoms with van der Waals surface area (Å²) in [6, 6.07) is 0. The van der Waals surface area contributed by atoms with Crippen LogP contribution in [0.3, 0.4) is 0 Å². The van der Waals surface area contributed by atoms with Crippen molar-refractivity contribution in [3.8, 4) is 0 Å². The first-order chi connectivity index (χ1) is 23.7. The highest BCUT2D eigenvalue weighted by atomic mass is 16.4. The van der Waals surface area contributed by atoms with E-state index in [1.807, 2.05) is 52.0 Å². The molecule has 0 amide bonds. The number of carbonyl (C=O) groups is 2. The molecule has 4 aromatic rings. The number of H-pyrrole nitrogens is 3. The molecule has 0 aliphatic carbocycles. The number of hydrogen-bond acceptors (Lipinski definition) is 6. The lowest BCUT2D eigenvalue weighted by Gasteiger charge is -2.09. The van der Waals surface area contributed by atoms with Crippen molar-refractivity contribution in [3.63, 3.8) is 0 Å². The molecular weight excluding hydrogens is 636 g/mol. The van der Waals surface area contributed by atoms with Gasteiger partial charge in [-0.1, -0.05) is 0 Å². The molecule has 5 rings (SSSR count). The van der Waals surface area contributed by atoms with Crippen LogP contribution in [0.5, 0.6) is 0 Å². The number of nitrogens with two attached hydrogens (primary N) is 1. The summed E-state index contributed by atoms with van der Waals surface area (Å²) in [7, 11) is 0. The van der Waals surface area contributed by atoms with Crippen molar-refractivity contribution in [1.82, 2.24) is 24.8 Å². The van der Waals surface area contributed by atoms with Crippen LogP contribution in [0.25, 0.3) is 24.3 Å². The fourth-order valence-electron chi connectivity index (χ4n) is 7.36. The predicted octanol–water partition coefficient (Wildman–Crippen LogP) is 1.02. The molecule has 0 fully saturated rings. The summed E-state index contributed by atoms with van der Waals surface area (Å²) in [5.41, 5.74) is 15.6. The monoisotopic (exact) mass is 686 g/mol. The van der Waals surface area contributed by atoms with Crippen molar-refractivity contribution < 1.29 is 30.0 Å². The van der Waals surface area contributed by atoms with Gasteiger partial charge < -0.3 is 51.0 Å². The van der Waals surface area contributed by atoms with Gasteiger partial charge in [-0.25, -0.2) is 0 Å². The van der Waals surface area contributed by atoms with Crippen LogP contribution in [-0.4, -0.2) is 71.5 Å². The molecule has 0 saturated carbocycles. The number of rotatable bonds is 13. The highest BCUT2D eigenvalue weighted by Gasteiger charge is 2.21. The smallest absolute Gasteiger partial charge is 0.303 e. The van der Waals surface area contributed by atoms with Crippen molar-refractivity contribution in [1.29, 1.82) is 0 Å². The van der Waals surface area contributed by atoms with E-state index in [4.69, 9.17) is 5.73 Å². The van der Waals surface area contributed by atoms with E-state index in [1.165, 1.54) is 0 Å². The fourth-order valence-corrected chi connectivity index (χ4v) is 7.36. The van der Waals surface area contributed by atoms with Crippen LogP contribution in [-0.2, 0) is 29.0 Å². The topological polar surface area (TPSA) is 205 Å². The molecule has 0 aromatic carbocycles. The summed E-state index contributed by atoms with van der Waals surface area (Å²) in [5, 5.41) is 47.9. The van der Waals surface area contributed by atoms with Gasteiger partial charge in [0.25, 0.3) is 0 Å². The SMILES string of the molecule is Cc1c2[nH]c(c1CCC(=O)O)C=c1c(CCC(=O)O)c(C)c(n1CCNCCN)=Cc1[nH]c(c(C)c1C(C)O)C=c1[nH]c(c(C)c1C(C)O)=C2. The lowest BCUT2D eigenvalue weighted by molar-refractivity contribution is -0.138. The molecule has 2 atom stereocenters. The molecule has 12 nitrogen and oxygen atoms in total. The molecule has 0 radical (unpaired) electrons. The summed E-state index contributed by atoms with van der Waals surface area (Å²) >= 11 is 0. The third-order valence-corrected chi connectivity index (χ3v) is 9.90. The Morgan fingerprint density at radius 3 is 1.90 bits per heavy atom. The molecule has 0 saturated heterocycles. The Kier molecular flexibility index (Phi) is 11.1. The minimum absolute atomic E-state index is 0.0594. The van der Waals surface area contributed by atoms with Crippen LogP contribution in [0.1, 0.15) is 106 Å². The Morgan fingerprint density at radius 1 is 0.700 bits per heavy atom. The van der Waals surface area contributed by atoms with Gasteiger partial charge in [-0.2, -0.15) is 0 Å². The minimum atomic E-state index is -0.903. The van der Waals surface area contributed by atoms with Gasteiger partial charge in [-0.05, 0) is 112 Å². The Bertz CT molecular complexity index is 2180. The van der Waals surface area contributed by atoms with Crippen LogP contribution in [0.15, 0.2) is 0 Å². The number of carboxylic acid groups (broad SMARTS) is 2. The molecule has 8 bridgehead atoms. The van der Waals surface area contributed by atoms with Gasteiger partial charge in [-0.3, -0.25) is 9.59 Å². The largest absolute Gasteiger partial charge is 0.481 e. The van der Waals surface area contributed by atoms with Crippen molar-refractivity contribution in [3.05, 3.63) is 88.7 Å². The molecule has 12 heteroatoms. The average Bonchev–Trinajstić information content (AvgIpc) is 3.69. The van der Waals surface area contributed by atoms with E-state index in [0.29, 0.717) is 39.0 Å². The third-order valence-electron chi connectivity index (χ3n) is 9.90. The molecule has 50 heavy (non-hydrogen) atoms. The maximum absolute atomic E-state index is 11.9. The Morgan fingerprint density at radius 2 is 1.28 bits per heavy atom. The molecule has 0 spiro atoms. The summed E-state index contributed by atoms with van der Waals surface area (Å²) < 4.78 is 2.17. The quantitative estimate of drug-likeness (QED) is 0.0816. The molecular formula is C38H50N6O6. The first-order valence-electron chi connectivity index (χ1n) is 17.2. The van der Waals surface area contributed by atoms with Crippen molar-refractivity contribution in [2.24, 2.45) is 5.73 Å². The van der Waals surface area contributed by atoms with Gasteiger partial charge >= 0.3 is 11.9 Å². The van der Waals surface area contributed by atoms with Crippen molar-refractivity contribution >= 4 is 36.2 Å². The third kappa shape index (κ3) is 7.29. The second-order valence-corrected chi connectivity index (χ2v) is 13.3. The second-order valence-electron chi connectivity index (χ2n) is 13.3. The lowest BCUT2D eigenvalue weighted by atomic mass is 10.0. The number of aliphatic carboxylic acids is 2. The summed E-state index contributed by atoms with van der Waals surface area (Å²) in [6.07, 6.45) is 6.88. The van der Waals surface area contributed by atoms with Crippen molar-refractivity contribution in [2.45, 2.75) is 86.0 Å². The normalized spacial score (nSPS) is 13.6. The van der Waals surface area contributed by atoms with E-state index in [2.05, 4.69) is 24.8 Å². The summed E-state index contributed by atoms with van der Waals surface area (Å²) in [4.78, 5) is 34.3. The van der Waals surface area contributed by atoms with Gasteiger partial charge in [0.05, 0.1) is 12.2 Å². The highest BCUT2D eigenvalue weighted by molar-refractivity contribution is 5.70. The fraction of sp³-hybridized carbons (Fsp3) is 0.421. The number of aromatic amines is 3. The molecule has 2 unspecified atom stereocenters. The summed E-state index contributed by atoms with van der Waals surface area (Å²) in [6.45, 7) is 13.6. The number of carboxylic acids is 2. The molecule has 1 aliphatic heterocycles. The predicted molar refractivity (Wildman–Crippen MR) is 194 cm³/mol. The van der Waals surface area contributed by atoms with E-state index in [1.54, 1.807) is 13.8 Å². The number of aliphatic hydroxyl groups excluding tert-OH is 2. The molecule has 4 aromatic heterocycles. The number of fused-ring (bicyclic) bond motifs is 8.